The van der Waals surface area contributed by atoms with Crippen LogP contribution < -0.4 is 10.1 Å². The van der Waals surface area contributed by atoms with E-state index in [9.17, 15) is 0 Å². The van der Waals surface area contributed by atoms with Crippen LogP contribution in [-0.4, -0.2) is 36.6 Å². The Morgan fingerprint density at radius 2 is 1.83 bits per heavy atom. The van der Waals surface area contributed by atoms with E-state index >= 15 is 0 Å². The van der Waals surface area contributed by atoms with Gasteiger partial charge < -0.3 is 10.1 Å². The third-order valence-electron chi connectivity index (χ3n) is 4.70. The number of nitrogens with one attached hydrogen (secondary N) is 1. The zero-order valence-corrected chi connectivity index (χ0v) is 14.7. The summed E-state index contributed by atoms with van der Waals surface area (Å²) < 4.78 is 5.30. The van der Waals surface area contributed by atoms with Crippen LogP contribution in [0.5, 0.6) is 5.75 Å². The van der Waals surface area contributed by atoms with E-state index < -0.39 is 0 Å². The molecule has 1 aromatic heterocycles. The van der Waals surface area contributed by atoms with Crippen LogP contribution in [0.1, 0.15) is 36.6 Å². The van der Waals surface area contributed by atoms with Gasteiger partial charge in [-0.3, -0.25) is 4.90 Å². The monoisotopic (exact) mass is 325 g/mol. The molecule has 1 fully saturated rings. The fraction of sp³-hybridized carbons (Fsp3) is 0.450. The highest BCUT2D eigenvalue weighted by Crippen LogP contribution is 2.26. The maximum absolute atomic E-state index is 5.30. The summed E-state index contributed by atoms with van der Waals surface area (Å²) >= 11 is 0. The first-order chi connectivity index (χ1) is 11.8. The van der Waals surface area contributed by atoms with Crippen LogP contribution in [0.2, 0.25) is 0 Å². The van der Waals surface area contributed by atoms with Crippen molar-refractivity contribution in [2.75, 3.05) is 32.1 Å². The van der Waals surface area contributed by atoms with Crippen LogP contribution in [0.25, 0.3) is 0 Å². The highest BCUT2D eigenvalue weighted by atomic mass is 16.5. The summed E-state index contributed by atoms with van der Waals surface area (Å²) in [6.07, 6.45) is 3.92. The molecular formula is C20H27N3O. The number of ether oxygens (including phenoxy) is 1. The summed E-state index contributed by atoms with van der Waals surface area (Å²) in [6.45, 7) is 5.22. The molecule has 3 rings (SSSR count). The molecule has 1 unspecified atom stereocenters. The molecule has 0 aliphatic carbocycles. The van der Waals surface area contributed by atoms with Gasteiger partial charge in [0.1, 0.15) is 11.6 Å². The lowest BCUT2D eigenvalue weighted by molar-refractivity contribution is 0.170. The first-order valence-electron chi connectivity index (χ1n) is 8.82. The molecule has 4 heteroatoms. The van der Waals surface area contributed by atoms with E-state index in [2.05, 4.69) is 39.5 Å². The number of hydrogen-bond donors (Lipinski definition) is 1. The fourth-order valence-corrected chi connectivity index (χ4v) is 3.36. The van der Waals surface area contributed by atoms with Gasteiger partial charge >= 0.3 is 0 Å². The SMILES string of the molecule is COc1ccc(C(CNc2cccc(C)n2)N2CCCCC2)cc1. The van der Waals surface area contributed by atoms with Crippen molar-refractivity contribution in [3.63, 3.8) is 0 Å². The number of methoxy groups -OCH3 is 1. The lowest BCUT2D eigenvalue weighted by Gasteiger charge is -2.35. The topological polar surface area (TPSA) is 37.4 Å². The number of anilines is 1. The minimum absolute atomic E-state index is 0.360. The number of aryl methyl sites for hydroxylation is 1. The minimum atomic E-state index is 0.360. The first-order valence-corrected chi connectivity index (χ1v) is 8.82. The van der Waals surface area contributed by atoms with Crippen molar-refractivity contribution in [1.82, 2.24) is 9.88 Å². The number of hydrogen-bond acceptors (Lipinski definition) is 4. The molecule has 128 valence electrons. The molecule has 0 amide bonds. The molecule has 1 N–H and O–H groups in total. The van der Waals surface area contributed by atoms with Gasteiger partial charge in [-0.15, -0.1) is 0 Å². The van der Waals surface area contributed by atoms with Gasteiger partial charge in [-0.25, -0.2) is 4.98 Å². The van der Waals surface area contributed by atoms with E-state index in [0.717, 1.165) is 23.8 Å². The molecule has 1 aliphatic heterocycles. The molecule has 0 saturated carbocycles. The molecule has 24 heavy (non-hydrogen) atoms. The molecular weight excluding hydrogens is 298 g/mol. The maximum Gasteiger partial charge on any atom is 0.126 e. The predicted octanol–water partition coefficient (Wildman–Crippen LogP) is 4.04. The Morgan fingerprint density at radius 3 is 2.50 bits per heavy atom. The van der Waals surface area contributed by atoms with E-state index in [1.807, 2.05) is 25.1 Å². The molecule has 4 nitrogen and oxygen atoms in total. The second-order valence-corrected chi connectivity index (χ2v) is 6.43. The molecule has 1 atom stereocenters. The average Bonchev–Trinajstić information content (AvgIpc) is 2.63. The Bertz CT molecular complexity index is 636. The molecule has 1 aromatic carbocycles. The van der Waals surface area contributed by atoms with Crippen LogP contribution in [0, 0.1) is 6.92 Å². The molecule has 1 saturated heterocycles. The lowest BCUT2D eigenvalue weighted by atomic mass is 10.0. The van der Waals surface area contributed by atoms with Gasteiger partial charge in [-0.2, -0.15) is 0 Å². The van der Waals surface area contributed by atoms with Crippen molar-refractivity contribution in [1.29, 1.82) is 0 Å². The molecule has 2 aromatic rings. The third kappa shape index (κ3) is 4.26. The molecule has 0 bridgehead atoms. The summed E-state index contributed by atoms with van der Waals surface area (Å²) in [6, 6.07) is 14.9. The van der Waals surface area contributed by atoms with E-state index in [0.29, 0.717) is 6.04 Å². The van der Waals surface area contributed by atoms with Gasteiger partial charge in [0.25, 0.3) is 0 Å². The number of rotatable bonds is 6. The fourth-order valence-electron chi connectivity index (χ4n) is 3.36. The zero-order chi connectivity index (χ0) is 16.8. The second kappa shape index (κ2) is 8.15. The molecule has 2 heterocycles. The van der Waals surface area contributed by atoms with Gasteiger partial charge in [0.15, 0.2) is 0 Å². The van der Waals surface area contributed by atoms with Crippen molar-refractivity contribution in [3.8, 4) is 5.75 Å². The van der Waals surface area contributed by atoms with Crippen LogP contribution in [0.4, 0.5) is 5.82 Å². The number of nitrogens with zero attached hydrogens (tertiary/aromatic N) is 2. The standard InChI is InChI=1S/C20H27N3O/c1-16-7-6-8-20(22-16)21-15-19(23-13-4-3-5-14-23)17-9-11-18(24-2)12-10-17/h6-12,19H,3-5,13-15H2,1-2H3,(H,21,22). The predicted molar refractivity (Wildman–Crippen MR) is 98.6 cm³/mol. The third-order valence-corrected chi connectivity index (χ3v) is 4.70. The van der Waals surface area contributed by atoms with E-state index in [-0.39, 0.29) is 0 Å². The summed E-state index contributed by atoms with van der Waals surface area (Å²) in [5, 5.41) is 3.53. The normalized spacial score (nSPS) is 16.6. The molecule has 0 spiro atoms. The lowest BCUT2D eigenvalue weighted by Crippen LogP contribution is -2.37. The van der Waals surface area contributed by atoms with E-state index in [1.54, 1.807) is 7.11 Å². The van der Waals surface area contributed by atoms with Gasteiger partial charge in [0, 0.05) is 12.2 Å². The molecule has 0 radical (unpaired) electrons. The van der Waals surface area contributed by atoms with Crippen LogP contribution in [0.15, 0.2) is 42.5 Å². The number of piperidine rings is 1. The van der Waals surface area contributed by atoms with Crippen molar-refractivity contribution in [3.05, 3.63) is 53.7 Å². The van der Waals surface area contributed by atoms with Crippen LogP contribution in [0.3, 0.4) is 0 Å². The second-order valence-electron chi connectivity index (χ2n) is 6.43. The van der Waals surface area contributed by atoms with Crippen molar-refractivity contribution in [2.45, 2.75) is 32.2 Å². The van der Waals surface area contributed by atoms with Gasteiger partial charge in [-0.05, 0) is 62.7 Å². The smallest absolute Gasteiger partial charge is 0.126 e. The van der Waals surface area contributed by atoms with Gasteiger partial charge in [0.2, 0.25) is 0 Å². The Kier molecular flexibility index (Phi) is 5.70. The Balaban J connectivity index is 1.75. The highest BCUT2D eigenvalue weighted by molar-refractivity contribution is 5.37. The number of likely N-dealkylation sites (tertiary alicyclic amines) is 1. The van der Waals surface area contributed by atoms with Gasteiger partial charge in [0.05, 0.1) is 13.2 Å². The zero-order valence-electron chi connectivity index (χ0n) is 14.7. The number of aromatic nitrogens is 1. The first kappa shape index (κ1) is 16.8. The van der Waals surface area contributed by atoms with Crippen molar-refractivity contribution < 1.29 is 4.74 Å². The molecule has 1 aliphatic rings. The van der Waals surface area contributed by atoms with Gasteiger partial charge in [-0.1, -0.05) is 24.6 Å². The highest BCUT2D eigenvalue weighted by Gasteiger charge is 2.22. The number of pyridine rings is 1. The van der Waals surface area contributed by atoms with Crippen molar-refractivity contribution in [2.24, 2.45) is 0 Å². The Morgan fingerprint density at radius 1 is 1.08 bits per heavy atom. The van der Waals surface area contributed by atoms with Crippen LogP contribution >= 0.6 is 0 Å². The summed E-state index contributed by atoms with van der Waals surface area (Å²) in [5.41, 5.74) is 2.37. The Labute approximate surface area is 144 Å². The average molecular weight is 325 g/mol. The largest absolute Gasteiger partial charge is 0.497 e. The van der Waals surface area contributed by atoms with E-state index in [1.165, 1.54) is 37.9 Å². The summed E-state index contributed by atoms with van der Waals surface area (Å²) in [5.74, 6) is 1.86. The van der Waals surface area contributed by atoms with Crippen LogP contribution in [-0.2, 0) is 0 Å². The number of benzene rings is 1. The minimum Gasteiger partial charge on any atom is -0.497 e. The maximum atomic E-state index is 5.30. The summed E-state index contributed by atoms with van der Waals surface area (Å²) in [4.78, 5) is 7.15. The van der Waals surface area contributed by atoms with Crippen molar-refractivity contribution >= 4 is 5.82 Å². The quantitative estimate of drug-likeness (QED) is 0.870. The Hall–Kier alpha value is -2.07. The van der Waals surface area contributed by atoms with E-state index in [4.69, 9.17) is 4.74 Å². The summed E-state index contributed by atoms with van der Waals surface area (Å²) in [7, 11) is 1.71.